The Kier molecular flexibility index (Phi) is 3.82. The molecule has 3 heteroatoms. The number of nitrogens with zero attached hydrogens (tertiary/aromatic N) is 1. The maximum absolute atomic E-state index is 12.8. The Bertz CT molecular complexity index is 397. The highest BCUT2D eigenvalue weighted by Crippen LogP contribution is 2.12. The number of allylic oxidation sites excluding steroid dienone is 1. The third kappa shape index (κ3) is 3.85. The summed E-state index contributed by atoms with van der Waals surface area (Å²) < 4.78 is 12.8. The van der Waals surface area contributed by atoms with Gasteiger partial charge in [0.1, 0.15) is 5.82 Å². The first-order chi connectivity index (χ1) is 7.42. The molecule has 0 aliphatic carbocycles. The normalized spacial score (nSPS) is 13.4. The second kappa shape index (κ2) is 4.92. The fraction of sp³-hybridized carbons (Fsp3) is 0.308. The topological polar surface area (TPSA) is 38.4 Å². The van der Waals surface area contributed by atoms with E-state index in [9.17, 15) is 4.39 Å². The largest absolute Gasteiger partial charge is 0.405 e. The van der Waals surface area contributed by atoms with E-state index in [2.05, 4.69) is 4.99 Å². The zero-order valence-electron chi connectivity index (χ0n) is 9.87. The zero-order valence-corrected chi connectivity index (χ0v) is 9.87. The van der Waals surface area contributed by atoms with Crippen molar-refractivity contribution in [1.29, 1.82) is 0 Å². The molecule has 0 atom stereocenters. The molecular weight excluding hydrogens is 203 g/mol. The van der Waals surface area contributed by atoms with Gasteiger partial charge in [0.25, 0.3) is 0 Å². The number of rotatable bonds is 2. The van der Waals surface area contributed by atoms with E-state index < -0.39 is 0 Å². The van der Waals surface area contributed by atoms with Crippen LogP contribution in [0.5, 0.6) is 0 Å². The van der Waals surface area contributed by atoms with Crippen molar-refractivity contribution in [2.75, 3.05) is 0 Å². The average molecular weight is 220 g/mol. The smallest absolute Gasteiger partial charge is 0.123 e. The quantitative estimate of drug-likeness (QED) is 0.765. The van der Waals surface area contributed by atoms with E-state index in [1.807, 2.05) is 20.8 Å². The molecule has 16 heavy (non-hydrogen) atoms. The molecule has 0 fully saturated rings. The molecule has 86 valence electrons. The summed E-state index contributed by atoms with van der Waals surface area (Å²) in [5.41, 5.74) is 6.81. The fourth-order valence-corrected chi connectivity index (χ4v) is 1.27. The van der Waals surface area contributed by atoms with E-state index in [0.717, 1.165) is 11.3 Å². The van der Waals surface area contributed by atoms with Crippen LogP contribution < -0.4 is 5.73 Å². The van der Waals surface area contributed by atoms with Crippen molar-refractivity contribution in [3.8, 4) is 0 Å². The molecule has 2 N–H and O–H groups in total. The average Bonchev–Trinajstić information content (AvgIpc) is 2.16. The zero-order chi connectivity index (χ0) is 12.2. The number of hydrogen-bond acceptors (Lipinski definition) is 2. The van der Waals surface area contributed by atoms with E-state index >= 15 is 0 Å². The van der Waals surface area contributed by atoms with Crippen molar-refractivity contribution >= 4 is 5.71 Å². The van der Waals surface area contributed by atoms with Gasteiger partial charge in [-0.3, -0.25) is 4.99 Å². The SMILES string of the molecule is CC(C)(C)N=C(C=CN)c1ccc(F)cc1. The van der Waals surface area contributed by atoms with Gasteiger partial charge in [-0.1, -0.05) is 0 Å². The van der Waals surface area contributed by atoms with E-state index in [1.165, 1.54) is 18.3 Å². The monoisotopic (exact) mass is 220 g/mol. The van der Waals surface area contributed by atoms with Crippen LogP contribution in [0.4, 0.5) is 4.39 Å². The number of benzene rings is 1. The van der Waals surface area contributed by atoms with Crippen molar-refractivity contribution in [3.05, 3.63) is 47.9 Å². The van der Waals surface area contributed by atoms with Gasteiger partial charge in [-0.15, -0.1) is 0 Å². The highest BCUT2D eigenvalue weighted by molar-refractivity contribution is 6.08. The maximum Gasteiger partial charge on any atom is 0.123 e. The van der Waals surface area contributed by atoms with Crippen LogP contribution in [0.25, 0.3) is 0 Å². The van der Waals surface area contributed by atoms with Crippen LogP contribution >= 0.6 is 0 Å². The first-order valence-electron chi connectivity index (χ1n) is 5.16. The highest BCUT2D eigenvalue weighted by Gasteiger charge is 2.09. The summed E-state index contributed by atoms with van der Waals surface area (Å²) in [6.07, 6.45) is 3.16. The summed E-state index contributed by atoms with van der Waals surface area (Å²) in [4.78, 5) is 4.53. The molecule has 2 nitrogen and oxygen atoms in total. The minimum Gasteiger partial charge on any atom is -0.405 e. The molecule has 1 rings (SSSR count). The lowest BCUT2D eigenvalue weighted by molar-refractivity contribution is 0.584. The molecule has 1 aromatic rings. The van der Waals surface area contributed by atoms with E-state index in [0.29, 0.717) is 0 Å². The third-order valence-corrected chi connectivity index (χ3v) is 1.85. The van der Waals surface area contributed by atoms with E-state index in [1.54, 1.807) is 18.2 Å². The summed E-state index contributed by atoms with van der Waals surface area (Å²) in [6, 6.07) is 6.22. The predicted octanol–water partition coefficient (Wildman–Crippen LogP) is 2.89. The Labute approximate surface area is 95.7 Å². The lowest BCUT2D eigenvalue weighted by atomic mass is 10.1. The fourth-order valence-electron chi connectivity index (χ4n) is 1.27. The third-order valence-electron chi connectivity index (χ3n) is 1.85. The lowest BCUT2D eigenvalue weighted by Gasteiger charge is -2.14. The molecular formula is C13H17FN2. The van der Waals surface area contributed by atoms with Gasteiger partial charge < -0.3 is 5.73 Å². The standard InChI is InChI=1S/C13H17FN2/c1-13(2,3)16-12(8-9-15)10-4-6-11(14)7-5-10/h4-9H,15H2,1-3H3. The maximum atomic E-state index is 12.8. The predicted molar refractivity (Wildman–Crippen MR) is 66.0 cm³/mol. The first-order valence-corrected chi connectivity index (χ1v) is 5.16. The summed E-state index contributed by atoms with van der Waals surface area (Å²) in [7, 11) is 0. The van der Waals surface area contributed by atoms with Crippen LogP contribution in [0, 0.1) is 5.82 Å². The summed E-state index contributed by atoms with van der Waals surface area (Å²) >= 11 is 0. The van der Waals surface area contributed by atoms with Crippen molar-refractivity contribution < 1.29 is 4.39 Å². The van der Waals surface area contributed by atoms with Crippen LogP contribution in [0.1, 0.15) is 26.3 Å². The molecule has 0 unspecified atom stereocenters. The first kappa shape index (κ1) is 12.4. The Hall–Kier alpha value is -1.64. The molecule has 0 spiro atoms. The van der Waals surface area contributed by atoms with Gasteiger partial charge in [0.05, 0.1) is 11.3 Å². The minimum absolute atomic E-state index is 0.191. The van der Waals surface area contributed by atoms with Gasteiger partial charge in [0.2, 0.25) is 0 Å². The summed E-state index contributed by atoms with van der Waals surface area (Å²) in [5.74, 6) is -0.254. The number of hydrogen-bond donors (Lipinski definition) is 1. The van der Waals surface area contributed by atoms with Crippen LogP contribution in [0.2, 0.25) is 0 Å². The van der Waals surface area contributed by atoms with Crippen LogP contribution in [-0.4, -0.2) is 11.3 Å². The van der Waals surface area contributed by atoms with Gasteiger partial charge in [-0.2, -0.15) is 0 Å². The Morgan fingerprint density at radius 1 is 1.25 bits per heavy atom. The molecule has 0 aliphatic heterocycles. The van der Waals surface area contributed by atoms with Gasteiger partial charge in [-0.05, 0) is 62.9 Å². The molecule has 0 radical (unpaired) electrons. The second-order valence-corrected chi connectivity index (χ2v) is 4.53. The second-order valence-electron chi connectivity index (χ2n) is 4.53. The van der Waals surface area contributed by atoms with Gasteiger partial charge in [0.15, 0.2) is 0 Å². The Morgan fingerprint density at radius 3 is 2.25 bits per heavy atom. The van der Waals surface area contributed by atoms with Gasteiger partial charge in [0, 0.05) is 0 Å². The molecule has 0 saturated carbocycles. The number of nitrogens with two attached hydrogens (primary N) is 1. The van der Waals surface area contributed by atoms with E-state index in [4.69, 9.17) is 5.73 Å². The highest BCUT2D eigenvalue weighted by atomic mass is 19.1. The number of halogens is 1. The molecule has 0 heterocycles. The minimum atomic E-state index is -0.254. The molecule has 0 aromatic heterocycles. The molecule has 0 amide bonds. The lowest BCUT2D eigenvalue weighted by Crippen LogP contribution is -2.14. The molecule has 0 saturated heterocycles. The van der Waals surface area contributed by atoms with Crippen molar-refractivity contribution in [1.82, 2.24) is 0 Å². The van der Waals surface area contributed by atoms with Crippen LogP contribution in [-0.2, 0) is 0 Å². The Morgan fingerprint density at radius 2 is 1.81 bits per heavy atom. The summed E-state index contributed by atoms with van der Waals surface area (Å²) in [5, 5.41) is 0. The van der Waals surface area contributed by atoms with Gasteiger partial charge >= 0.3 is 0 Å². The molecule has 0 bridgehead atoms. The van der Waals surface area contributed by atoms with Crippen molar-refractivity contribution in [2.45, 2.75) is 26.3 Å². The van der Waals surface area contributed by atoms with Crippen molar-refractivity contribution in [2.24, 2.45) is 10.7 Å². The summed E-state index contributed by atoms with van der Waals surface area (Å²) in [6.45, 7) is 6.00. The van der Waals surface area contributed by atoms with E-state index in [-0.39, 0.29) is 11.4 Å². The molecule has 0 aliphatic rings. The van der Waals surface area contributed by atoms with Gasteiger partial charge in [-0.25, -0.2) is 4.39 Å². The van der Waals surface area contributed by atoms with Crippen LogP contribution in [0.15, 0.2) is 41.5 Å². The van der Waals surface area contributed by atoms with Crippen LogP contribution in [0.3, 0.4) is 0 Å². The van der Waals surface area contributed by atoms with Crippen molar-refractivity contribution in [3.63, 3.8) is 0 Å². The Balaban J connectivity index is 3.13. The molecule has 1 aromatic carbocycles. The number of aliphatic imine (C=N–C) groups is 1.